The van der Waals surface area contributed by atoms with E-state index in [2.05, 4.69) is 10.3 Å². The number of carbonyl (C=O) groups is 2. The van der Waals surface area contributed by atoms with E-state index < -0.39 is 17.8 Å². The Labute approximate surface area is 124 Å². The summed E-state index contributed by atoms with van der Waals surface area (Å²) in [6.45, 7) is 4.23. The highest BCUT2D eigenvalue weighted by atomic mass is 16.4. The zero-order valence-electron chi connectivity index (χ0n) is 12.3. The first-order valence-corrected chi connectivity index (χ1v) is 7.04. The van der Waals surface area contributed by atoms with Gasteiger partial charge in [0.25, 0.3) is 0 Å². The summed E-state index contributed by atoms with van der Waals surface area (Å²) in [6, 6.07) is 5.49. The molecule has 1 aromatic rings. The number of carboxylic acid groups (broad SMARTS) is 1. The molecule has 1 aromatic heterocycles. The summed E-state index contributed by atoms with van der Waals surface area (Å²) in [5, 5.41) is 12.1. The molecule has 0 radical (unpaired) electrons. The van der Waals surface area contributed by atoms with Gasteiger partial charge in [0.05, 0.1) is 24.1 Å². The summed E-state index contributed by atoms with van der Waals surface area (Å²) in [7, 11) is 0. The van der Waals surface area contributed by atoms with Gasteiger partial charge < -0.3 is 10.4 Å². The van der Waals surface area contributed by atoms with Crippen LogP contribution < -0.4 is 5.32 Å². The average Bonchev–Trinajstić information content (AvgIpc) is 2.48. The van der Waals surface area contributed by atoms with Gasteiger partial charge >= 0.3 is 5.97 Å². The molecule has 0 bridgehead atoms. The third-order valence-electron chi connectivity index (χ3n) is 4.09. The van der Waals surface area contributed by atoms with E-state index >= 15 is 0 Å². The SMILES string of the molecule is CC1=C(C)C[C@@H](C(=O)NCc2ccccn2)[C@H](C(=O)O)C1. The molecule has 112 valence electrons. The van der Waals surface area contributed by atoms with E-state index in [1.165, 1.54) is 0 Å². The third kappa shape index (κ3) is 3.68. The molecule has 0 spiro atoms. The highest BCUT2D eigenvalue weighted by Crippen LogP contribution is 2.34. The maximum Gasteiger partial charge on any atom is 0.307 e. The Morgan fingerprint density at radius 2 is 1.90 bits per heavy atom. The zero-order chi connectivity index (χ0) is 15.4. The summed E-state index contributed by atoms with van der Waals surface area (Å²) in [6.07, 6.45) is 2.62. The van der Waals surface area contributed by atoms with Gasteiger partial charge in [0.15, 0.2) is 0 Å². The summed E-state index contributed by atoms with van der Waals surface area (Å²) in [5.41, 5.74) is 2.96. The highest BCUT2D eigenvalue weighted by Gasteiger charge is 2.37. The first kappa shape index (κ1) is 15.2. The molecular formula is C16H20N2O3. The average molecular weight is 288 g/mol. The number of pyridine rings is 1. The molecule has 5 heteroatoms. The second-order valence-electron chi connectivity index (χ2n) is 5.56. The van der Waals surface area contributed by atoms with Crippen molar-refractivity contribution in [3.05, 3.63) is 41.2 Å². The van der Waals surface area contributed by atoms with E-state index in [4.69, 9.17) is 0 Å². The third-order valence-corrected chi connectivity index (χ3v) is 4.09. The van der Waals surface area contributed by atoms with Crippen LogP contribution in [0.15, 0.2) is 35.5 Å². The van der Waals surface area contributed by atoms with Gasteiger partial charge in [-0.05, 0) is 38.8 Å². The van der Waals surface area contributed by atoms with Crippen LogP contribution in [0.5, 0.6) is 0 Å². The molecular weight excluding hydrogens is 268 g/mol. The van der Waals surface area contributed by atoms with Gasteiger partial charge in [-0.2, -0.15) is 0 Å². The normalized spacial score (nSPS) is 22.0. The van der Waals surface area contributed by atoms with Crippen LogP contribution in [-0.2, 0) is 16.1 Å². The Bertz CT molecular complexity index is 566. The lowest BCUT2D eigenvalue weighted by Crippen LogP contribution is -2.39. The fraction of sp³-hybridized carbons (Fsp3) is 0.438. The molecule has 1 aliphatic carbocycles. The Hall–Kier alpha value is -2.17. The second-order valence-corrected chi connectivity index (χ2v) is 5.56. The number of nitrogens with one attached hydrogen (secondary N) is 1. The fourth-order valence-electron chi connectivity index (χ4n) is 2.64. The largest absolute Gasteiger partial charge is 0.481 e. The lowest BCUT2D eigenvalue weighted by atomic mass is 9.76. The van der Waals surface area contributed by atoms with E-state index in [1.807, 2.05) is 32.0 Å². The minimum atomic E-state index is -0.903. The molecule has 0 saturated heterocycles. The van der Waals surface area contributed by atoms with Crippen LogP contribution in [0, 0.1) is 11.8 Å². The number of rotatable bonds is 4. The molecule has 21 heavy (non-hydrogen) atoms. The van der Waals surface area contributed by atoms with Gasteiger partial charge in [-0.1, -0.05) is 17.2 Å². The van der Waals surface area contributed by atoms with Crippen LogP contribution in [0.25, 0.3) is 0 Å². The summed E-state index contributed by atoms with van der Waals surface area (Å²) < 4.78 is 0. The molecule has 1 amide bonds. The predicted octanol–water partition coefficient (Wildman–Crippen LogP) is 2.15. The molecule has 0 aromatic carbocycles. The van der Waals surface area contributed by atoms with E-state index in [-0.39, 0.29) is 5.91 Å². The molecule has 1 heterocycles. The van der Waals surface area contributed by atoms with Crippen LogP contribution in [0.3, 0.4) is 0 Å². The van der Waals surface area contributed by atoms with Gasteiger partial charge in [-0.15, -0.1) is 0 Å². The summed E-state index contributed by atoms with van der Waals surface area (Å²) in [4.78, 5) is 27.8. The number of aromatic nitrogens is 1. The standard InChI is InChI=1S/C16H20N2O3/c1-10-7-13(14(16(20)21)8-11(10)2)15(19)18-9-12-5-3-4-6-17-12/h3-6,13-14H,7-9H2,1-2H3,(H,18,19)(H,20,21)/t13-,14-/m1/s1. The molecule has 0 unspecified atom stereocenters. The van der Waals surface area contributed by atoms with Gasteiger partial charge in [-0.3, -0.25) is 14.6 Å². The molecule has 5 nitrogen and oxygen atoms in total. The Morgan fingerprint density at radius 3 is 2.48 bits per heavy atom. The van der Waals surface area contributed by atoms with E-state index in [9.17, 15) is 14.7 Å². The van der Waals surface area contributed by atoms with Gasteiger partial charge in [0, 0.05) is 6.20 Å². The number of nitrogens with zero attached hydrogens (tertiary/aromatic N) is 1. The van der Waals surface area contributed by atoms with Crippen molar-refractivity contribution < 1.29 is 14.7 Å². The van der Waals surface area contributed by atoms with Crippen molar-refractivity contribution in [2.45, 2.75) is 33.2 Å². The van der Waals surface area contributed by atoms with E-state index in [0.717, 1.165) is 16.8 Å². The minimum Gasteiger partial charge on any atom is -0.481 e. The molecule has 2 atom stereocenters. The van der Waals surface area contributed by atoms with Crippen molar-refractivity contribution in [2.24, 2.45) is 11.8 Å². The maximum atomic E-state index is 12.3. The molecule has 0 fully saturated rings. The number of hydrogen-bond acceptors (Lipinski definition) is 3. The van der Waals surface area contributed by atoms with Crippen molar-refractivity contribution in [2.75, 3.05) is 0 Å². The number of hydrogen-bond donors (Lipinski definition) is 2. The quantitative estimate of drug-likeness (QED) is 0.832. The van der Waals surface area contributed by atoms with Crippen LogP contribution in [-0.4, -0.2) is 22.0 Å². The van der Waals surface area contributed by atoms with Crippen LogP contribution >= 0.6 is 0 Å². The lowest BCUT2D eigenvalue weighted by Gasteiger charge is -2.29. The molecule has 1 aliphatic rings. The van der Waals surface area contributed by atoms with Crippen molar-refractivity contribution >= 4 is 11.9 Å². The molecule has 0 saturated carbocycles. The van der Waals surface area contributed by atoms with Gasteiger partial charge in [0.1, 0.15) is 0 Å². The number of amides is 1. The second kappa shape index (κ2) is 6.52. The van der Waals surface area contributed by atoms with Crippen molar-refractivity contribution in [1.82, 2.24) is 10.3 Å². The van der Waals surface area contributed by atoms with E-state index in [1.54, 1.807) is 6.20 Å². The summed E-state index contributed by atoms with van der Waals surface area (Å²) in [5.74, 6) is -2.26. The number of carbonyl (C=O) groups excluding carboxylic acids is 1. The Morgan fingerprint density at radius 1 is 1.24 bits per heavy atom. The monoisotopic (exact) mass is 288 g/mol. The van der Waals surface area contributed by atoms with Crippen molar-refractivity contribution in [3.8, 4) is 0 Å². The molecule has 2 N–H and O–H groups in total. The zero-order valence-corrected chi connectivity index (χ0v) is 12.3. The van der Waals surface area contributed by atoms with Gasteiger partial charge in [0.2, 0.25) is 5.91 Å². The number of aliphatic carboxylic acids is 1. The number of allylic oxidation sites excluding steroid dienone is 2. The van der Waals surface area contributed by atoms with Gasteiger partial charge in [-0.25, -0.2) is 0 Å². The van der Waals surface area contributed by atoms with Crippen molar-refractivity contribution in [1.29, 1.82) is 0 Å². The lowest BCUT2D eigenvalue weighted by molar-refractivity contribution is -0.147. The first-order valence-electron chi connectivity index (χ1n) is 7.04. The first-order chi connectivity index (χ1) is 9.99. The Kier molecular flexibility index (Phi) is 4.73. The Balaban J connectivity index is 2.04. The van der Waals surface area contributed by atoms with Crippen LogP contribution in [0.2, 0.25) is 0 Å². The summed E-state index contributed by atoms with van der Waals surface area (Å²) >= 11 is 0. The van der Waals surface area contributed by atoms with Crippen molar-refractivity contribution in [3.63, 3.8) is 0 Å². The smallest absolute Gasteiger partial charge is 0.307 e. The highest BCUT2D eigenvalue weighted by molar-refractivity contribution is 5.85. The molecule has 0 aliphatic heterocycles. The fourth-order valence-corrected chi connectivity index (χ4v) is 2.64. The van der Waals surface area contributed by atoms with Crippen LogP contribution in [0.1, 0.15) is 32.4 Å². The topological polar surface area (TPSA) is 79.3 Å². The maximum absolute atomic E-state index is 12.3. The van der Waals surface area contributed by atoms with Crippen LogP contribution in [0.4, 0.5) is 0 Å². The minimum absolute atomic E-state index is 0.208. The number of carboxylic acids is 1. The van der Waals surface area contributed by atoms with E-state index in [0.29, 0.717) is 19.4 Å². The molecule has 2 rings (SSSR count). The predicted molar refractivity (Wildman–Crippen MR) is 78.3 cm³/mol.